The number of carboxylic acid groups (broad SMARTS) is 1. The number of hydrogen-bond donors (Lipinski definition) is 1. The van der Waals surface area contributed by atoms with Gasteiger partial charge in [-0.1, -0.05) is 0 Å². The summed E-state index contributed by atoms with van der Waals surface area (Å²) < 4.78 is 12.3. The van der Waals surface area contributed by atoms with Gasteiger partial charge >= 0.3 is 54.9 Å². The molecule has 0 aromatic carbocycles. The van der Waals surface area contributed by atoms with Crippen LogP contribution in [0.15, 0.2) is 0 Å². The summed E-state index contributed by atoms with van der Waals surface area (Å²) in [6, 6.07) is 0. The molecule has 0 radical (unpaired) electrons. The van der Waals surface area contributed by atoms with Gasteiger partial charge < -0.3 is 0 Å². The van der Waals surface area contributed by atoms with E-state index in [4.69, 9.17) is 5.11 Å². The van der Waals surface area contributed by atoms with Crippen LogP contribution in [0.4, 0.5) is 9.59 Å². The first-order valence-electron chi connectivity index (χ1n) is 1.95. The van der Waals surface area contributed by atoms with E-state index in [9.17, 15) is 9.59 Å². The molecule has 0 aliphatic carbocycles. The Morgan fingerprint density at radius 2 is 2.22 bits per heavy atom. The predicted molar refractivity (Wildman–Crippen MR) is 22.4 cm³/mol. The van der Waals surface area contributed by atoms with Crippen molar-refractivity contribution in [1.82, 2.24) is 0 Å². The molecule has 0 aromatic rings. The van der Waals surface area contributed by atoms with Crippen LogP contribution in [0.3, 0.4) is 0 Å². The molecule has 1 aliphatic rings. The third-order valence-corrected chi connectivity index (χ3v) is 3.02. The molecule has 48 valence electrons. The van der Waals surface area contributed by atoms with Crippen molar-refractivity contribution in [3.05, 3.63) is 0 Å². The molecule has 1 N–H and O–H groups in total. The van der Waals surface area contributed by atoms with Crippen LogP contribution in [0, 0.1) is 0 Å². The van der Waals surface area contributed by atoms with Crippen molar-refractivity contribution in [2.24, 2.45) is 0 Å². The van der Waals surface area contributed by atoms with Gasteiger partial charge in [0.15, 0.2) is 0 Å². The minimum atomic E-state index is -2.99. The molecular weight excluding hydrogens is 190 g/mol. The molecule has 0 saturated carbocycles. The molecule has 9 heavy (non-hydrogen) atoms. The second kappa shape index (κ2) is 2.19. The summed E-state index contributed by atoms with van der Waals surface area (Å²) in [5, 5.41) is 7.89. The van der Waals surface area contributed by atoms with Gasteiger partial charge in [0.1, 0.15) is 0 Å². The van der Waals surface area contributed by atoms with Gasteiger partial charge in [0, 0.05) is 0 Å². The molecule has 0 spiro atoms. The third-order valence-electron chi connectivity index (χ3n) is 0.582. The second-order valence-corrected chi connectivity index (χ2v) is 3.85. The van der Waals surface area contributed by atoms with Crippen LogP contribution < -0.4 is 0 Å². The molecule has 6 nitrogen and oxygen atoms in total. The summed E-state index contributed by atoms with van der Waals surface area (Å²) in [4.78, 5) is 19.5. The molecule has 1 rings (SSSR count). The number of carbonyl (C=O) groups excluding carboxylic acids is 1. The summed E-state index contributed by atoms with van der Waals surface area (Å²) in [5.74, 6) is 0. The van der Waals surface area contributed by atoms with E-state index in [0.717, 1.165) is 0 Å². The van der Waals surface area contributed by atoms with Crippen LogP contribution in [-0.4, -0.2) is 34.7 Å². The first kappa shape index (κ1) is 6.30. The van der Waals surface area contributed by atoms with Gasteiger partial charge in [-0.2, -0.15) is 0 Å². The van der Waals surface area contributed by atoms with Crippen molar-refractivity contribution in [2.45, 2.75) is 0 Å². The Morgan fingerprint density at radius 1 is 1.67 bits per heavy atom. The van der Waals surface area contributed by atoms with Crippen LogP contribution >= 0.6 is 0 Å². The van der Waals surface area contributed by atoms with Gasteiger partial charge in [-0.25, -0.2) is 0 Å². The van der Waals surface area contributed by atoms with Crippen molar-refractivity contribution in [1.29, 1.82) is 0 Å². The van der Waals surface area contributed by atoms with E-state index in [1.54, 1.807) is 0 Å². The van der Waals surface area contributed by atoms with E-state index in [2.05, 4.69) is 10.6 Å². The van der Waals surface area contributed by atoms with Crippen LogP contribution in [0.25, 0.3) is 0 Å². The fourth-order valence-electron chi connectivity index (χ4n) is 0.296. The Morgan fingerprint density at radius 3 is 2.56 bits per heavy atom. The Kier molecular flexibility index (Phi) is 1.53. The van der Waals surface area contributed by atoms with E-state index in [-0.39, 0.29) is 0 Å². The van der Waals surface area contributed by atoms with Crippen LogP contribution in [0.2, 0.25) is 0 Å². The van der Waals surface area contributed by atoms with E-state index in [1.165, 1.54) is 0 Å². The van der Waals surface area contributed by atoms with E-state index in [0.29, 0.717) is 0 Å². The summed E-state index contributed by atoms with van der Waals surface area (Å²) >= 11 is -2.99. The van der Waals surface area contributed by atoms with Crippen molar-refractivity contribution >= 4 is 29.6 Å². The van der Waals surface area contributed by atoms with Gasteiger partial charge in [0.25, 0.3) is 0 Å². The van der Waals surface area contributed by atoms with Crippen LogP contribution in [-0.2, 0) is 10.6 Å². The molecule has 1 fully saturated rings. The average Bonchev–Trinajstić information content (AvgIpc) is 1.60. The van der Waals surface area contributed by atoms with Crippen molar-refractivity contribution in [2.75, 3.05) is 0 Å². The average molecular weight is 191 g/mol. The third kappa shape index (κ3) is 1.54. The van der Waals surface area contributed by atoms with Gasteiger partial charge in [-0.15, -0.1) is 0 Å². The normalized spacial score (nSPS) is 15.1. The Hall–Kier alpha value is -0.824. The molecule has 0 bridgehead atoms. The fourth-order valence-corrected chi connectivity index (χ4v) is 1.54. The van der Waals surface area contributed by atoms with E-state index < -0.39 is 29.6 Å². The van der Waals surface area contributed by atoms with Crippen molar-refractivity contribution in [3.8, 4) is 0 Å². The molecule has 1 saturated heterocycles. The molecule has 1 heterocycles. The first-order valence-corrected chi connectivity index (χ1v) is 4.92. The van der Waals surface area contributed by atoms with Gasteiger partial charge in [-0.05, 0) is 0 Å². The molecular formula is C2HGaO6. The van der Waals surface area contributed by atoms with Crippen LogP contribution in [0.1, 0.15) is 0 Å². The Labute approximate surface area is 55.6 Å². The van der Waals surface area contributed by atoms with Crippen molar-refractivity contribution in [3.63, 3.8) is 0 Å². The molecule has 0 atom stereocenters. The van der Waals surface area contributed by atoms with Gasteiger partial charge in [-0.3, -0.25) is 0 Å². The second-order valence-electron chi connectivity index (χ2n) is 1.16. The molecule has 0 aromatic heterocycles. The van der Waals surface area contributed by atoms with Gasteiger partial charge in [0.2, 0.25) is 0 Å². The van der Waals surface area contributed by atoms with Crippen LogP contribution in [0.5, 0.6) is 0 Å². The molecule has 7 heteroatoms. The van der Waals surface area contributed by atoms with E-state index in [1.807, 2.05) is 0 Å². The zero-order valence-electron chi connectivity index (χ0n) is 4.07. The Balaban J connectivity index is 2.18. The first-order chi connectivity index (χ1) is 4.18. The SMILES string of the molecule is O=C(O)[O][Ga]1[O]C(=O)[O]1. The topological polar surface area (TPSA) is 82.1 Å². The molecule has 0 unspecified atom stereocenters. The minimum absolute atomic E-state index is 0.846. The van der Waals surface area contributed by atoms with Gasteiger partial charge in [0.05, 0.1) is 0 Å². The van der Waals surface area contributed by atoms with Crippen molar-refractivity contribution < 1.29 is 25.3 Å². The summed E-state index contributed by atoms with van der Waals surface area (Å²) in [7, 11) is 0. The van der Waals surface area contributed by atoms with E-state index >= 15 is 0 Å². The number of carbonyl (C=O) groups is 2. The molecule has 0 amide bonds. The summed E-state index contributed by atoms with van der Waals surface area (Å²) in [5.41, 5.74) is 0. The number of hydrogen-bond acceptors (Lipinski definition) is 5. The standard InChI is InChI=1S/2CH2O3.Ga/c2*2-1(3)4;/h2*(H2,2,3,4);/q;;+3/p-3. The number of rotatable bonds is 1. The monoisotopic (exact) mass is 190 g/mol. The summed E-state index contributed by atoms with van der Waals surface area (Å²) in [6.45, 7) is 0. The molecule has 1 aliphatic heterocycles. The zero-order valence-corrected chi connectivity index (χ0v) is 6.49. The summed E-state index contributed by atoms with van der Waals surface area (Å²) in [6.07, 6.45) is -2.31. The quantitative estimate of drug-likeness (QED) is 0.579. The maximum absolute atomic E-state index is 9.82. The Bertz CT molecular complexity index is 145. The maximum atomic E-state index is 9.82. The zero-order chi connectivity index (χ0) is 6.85. The fraction of sp³-hybridized carbons (Fsp3) is 0. The predicted octanol–water partition coefficient (Wildman–Crippen LogP) is -0.167.